The summed E-state index contributed by atoms with van der Waals surface area (Å²) < 4.78 is 28.7. The lowest BCUT2D eigenvalue weighted by molar-refractivity contribution is -0.277. The van der Waals surface area contributed by atoms with Gasteiger partial charge in [0.15, 0.2) is 0 Å². The maximum Gasteiger partial charge on any atom is 0.229 e. The molecule has 2 saturated heterocycles. The number of hydrogen-bond acceptors (Lipinski definition) is 16. The highest BCUT2D eigenvalue weighted by Gasteiger charge is 2.46. The first-order valence-corrected chi connectivity index (χ1v) is 17.7. The molecule has 298 valence electrons. The topological polar surface area (TPSA) is 269 Å². The molecule has 3 aliphatic rings. The van der Waals surface area contributed by atoms with E-state index in [1.165, 1.54) is 18.2 Å². The number of aliphatic hydroxyl groups is 8. The zero-order valence-corrected chi connectivity index (χ0v) is 29.5. The number of phenols is 3. The fourth-order valence-electron chi connectivity index (χ4n) is 7.08. The molecule has 2 fully saturated rings. The van der Waals surface area contributed by atoms with E-state index < -0.39 is 86.6 Å². The molecular formula is C40H42O16. The van der Waals surface area contributed by atoms with Crippen molar-refractivity contribution in [2.45, 2.75) is 73.4 Å². The lowest BCUT2D eigenvalue weighted by atomic mass is 9.84. The Balaban J connectivity index is 1.10. The summed E-state index contributed by atoms with van der Waals surface area (Å²) in [5, 5.41) is 112. The Kier molecular flexibility index (Phi) is 11.4. The highest BCUT2D eigenvalue weighted by atomic mass is 16.7. The molecule has 0 bridgehead atoms. The molecule has 7 rings (SSSR count). The Labute approximate surface area is 319 Å². The van der Waals surface area contributed by atoms with E-state index in [1.54, 1.807) is 72.8 Å². The van der Waals surface area contributed by atoms with Gasteiger partial charge in [0, 0.05) is 11.6 Å². The second kappa shape index (κ2) is 16.2. The number of rotatable bonds is 10. The van der Waals surface area contributed by atoms with E-state index in [9.17, 15) is 56.2 Å². The number of phenolic OH excluding ortho intramolecular Hbond substituents is 3. The number of ether oxygens (including phenoxy) is 5. The van der Waals surface area contributed by atoms with E-state index in [-0.39, 0.29) is 23.0 Å². The van der Waals surface area contributed by atoms with Crippen LogP contribution in [0.4, 0.5) is 0 Å². The van der Waals surface area contributed by atoms with Crippen LogP contribution in [0.2, 0.25) is 0 Å². The van der Waals surface area contributed by atoms with Gasteiger partial charge in [0.2, 0.25) is 12.6 Å². The zero-order valence-electron chi connectivity index (χ0n) is 29.5. The monoisotopic (exact) mass is 778 g/mol. The van der Waals surface area contributed by atoms with Crippen LogP contribution in [0.3, 0.4) is 0 Å². The van der Waals surface area contributed by atoms with Gasteiger partial charge >= 0.3 is 0 Å². The summed E-state index contributed by atoms with van der Waals surface area (Å²) in [5.41, 5.74) is 2.78. The quantitative estimate of drug-likeness (QED) is 0.0985. The summed E-state index contributed by atoms with van der Waals surface area (Å²) in [5.74, 6) is -0.342. The lowest BCUT2D eigenvalue weighted by Gasteiger charge is -2.39. The molecule has 12 atom stereocenters. The van der Waals surface area contributed by atoms with E-state index in [0.29, 0.717) is 33.8 Å². The highest BCUT2D eigenvalue weighted by molar-refractivity contribution is 5.73. The summed E-state index contributed by atoms with van der Waals surface area (Å²) >= 11 is 0. The smallest absolute Gasteiger partial charge is 0.229 e. The minimum absolute atomic E-state index is 0.108. The molecule has 16 heteroatoms. The number of benzene rings is 4. The van der Waals surface area contributed by atoms with Crippen molar-refractivity contribution >= 4 is 12.2 Å². The van der Waals surface area contributed by atoms with Crippen molar-refractivity contribution in [1.82, 2.24) is 0 Å². The molecule has 3 aliphatic heterocycles. The molecule has 0 saturated carbocycles. The Morgan fingerprint density at radius 3 is 1.55 bits per heavy atom. The van der Waals surface area contributed by atoms with Gasteiger partial charge in [-0.25, -0.2) is 0 Å². The van der Waals surface area contributed by atoms with Crippen LogP contribution in [0.5, 0.6) is 34.5 Å². The van der Waals surface area contributed by atoms with Crippen LogP contribution in [0.1, 0.15) is 39.8 Å². The molecule has 11 N–H and O–H groups in total. The van der Waals surface area contributed by atoms with Crippen LogP contribution < -0.4 is 14.2 Å². The third-order valence-corrected chi connectivity index (χ3v) is 10.1. The molecule has 3 heterocycles. The number of hydrogen-bond donors (Lipinski definition) is 11. The van der Waals surface area contributed by atoms with Crippen LogP contribution in [0, 0.1) is 0 Å². The van der Waals surface area contributed by atoms with Crippen molar-refractivity contribution in [2.75, 3.05) is 13.2 Å². The molecular weight excluding hydrogens is 736 g/mol. The summed E-state index contributed by atoms with van der Waals surface area (Å²) in [6.07, 6.45) is -11.6. The maximum absolute atomic E-state index is 11.4. The van der Waals surface area contributed by atoms with Crippen molar-refractivity contribution in [3.63, 3.8) is 0 Å². The van der Waals surface area contributed by atoms with Crippen molar-refractivity contribution < 1.29 is 79.9 Å². The van der Waals surface area contributed by atoms with Gasteiger partial charge in [-0.3, -0.25) is 0 Å². The Hall–Kier alpha value is -4.98. The molecule has 0 aromatic heterocycles. The van der Waals surface area contributed by atoms with E-state index in [2.05, 4.69) is 0 Å². The fourth-order valence-corrected chi connectivity index (χ4v) is 7.08. The molecule has 0 spiro atoms. The van der Waals surface area contributed by atoms with Crippen molar-refractivity contribution in [2.24, 2.45) is 0 Å². The second-order valence-corrected chi connectivity index (χ2v) is 13.9. The summed E-state index contributed by atoms with van der Waals surface area (Å²) in [7, 11) is 0. The molecule has 0 radical (unpaired) electrons. The Morgan fingerprint density at radius 2 is 1.04 bits per heavy atom. The van der Waals surface area contributed by atoms with E-state index in [1.807, 2.05) is 0 Å². The zero-order chi connectivity index (χ0) is 39.8. The highest BCUT2D eigenvalue weighted by Crippen LogP contribution is 2.54. The van der Waals surface area contributed by atoms with Crippen molar-refractivity contribution in [3.05, 3.63) is 107 Å². The molecule has 4 aromatic carbocycles. The van der Waals surface area contributed by atoms with Gasteiger partial charge in [0.25, 0.3) is 0 Å². The third kappa shape index (κ3) is 7.85. The lowest BCUT2D eigenvalue weighted by Crippen LogP contribution is -2.60. The molecule has 16 nitrogen and oxygen atoms in total. The number of aromatic hydroxyl groups is 3. The number of aliphatic hydroxyl groups excluding tert-OH is 8. The standard InChI is InChI=1S/C40H42O16/c41-16-28-32(46)34(48)36(50)39(55-28)52-24-7-3-18(4-8-24)1-2-19-11-26(45)31-27(12-19)54-38(30(31)21-13-22(43)15-23(44)14-21)20-5-9-25(10-6-20)53-40-37(51)35(49)33(47)29(17-42)56-40/h1-15,28-30,32-51H,16-17H2/b2-1+/t28-,29+,30+,32-,33+,34+,35-,36-,37+,38-,39+,40+/m1/s1. The number of fused-ring (bicyclic) bond motifs is 1. The first kappa shape index (κ1) is 39.3. The molecule has 0 amide bonds. The fraction of sp³-hybridized carbons (Fsp3) is 0.350. The Bertz CT molecular complexity index is 1980. The minimum atomic E-state index is -1.62. The molecule has 56 heavy (non-hydrogen) atoms. The van der Waals surface area contributed by atoms with Gasteiger partial charge in [-0.05, 0) is 70.8 Å². The van der Waals surface area contributed by atoms with Gasteiger partial charge < -0.3 is 79.9 Å². The van der Waals surface area contributed by atoms with Crippen LogP contribution in [0.25, 0.3) is 12.2 Å². The predicted octanol–water partition coefficient (Wildman–Crippen LogP) is 0.597. The van der Waals surface area contributed by atoms with Crippen LogP contribution in [-0.2, 0) is 9.47 Å². The van der Waals surface area contributed by atoms with Crippen LogP contribution in [0.15, 0.2) is 78.9 Å². The largest absolute Gasteiger partial charge is 0.508 e. The average Bonchev–Trinajstić information content (AvgIpc) is 3.58. The summed E-state index contributed by atoms with van der Waals surface area (Å²) in [6, 6.07) is 20.5. The first-order chi connectivity index (χ1) is 26.8. The van der Waals surface area contributed by atoms with Crippen molar-refractivity contribution in [3.8, 4) is 34.5 Å². The molecule has 0 unspecified atom stereocenters. The normalized spacial score (nSPS) is 31.5. The van der Waals surface area contributed by atoms with Gasteiger partial charge in [-0.2, -0.15) is 0 Å². The molecule has 4 aromatic rings. The van der Waals surface area contributed by atoms with Crippen molar-refractivity contribution in [1.29, 1.82) is 0 Å². The van der Waals surface area contributed by atoms with Gasteiger partial charge in [0.05, 0.1) is 19.1 Å². The summed E-state index contributed by atoms with van der Waals surface area (Å²) in [4.78, 5) is 0. The van der Waals surface area contributed by atoms with E-state index >= 15 is 0 Å². The predicted molar refractivity (Wildman–Crippen MR) is 194 cm³/mol. The van der Waals surface area contributed by atoms with E-state index in [0.717, 1.165) is 5.56 Å². The van der Waals surface area contributed by atoms with Crippen LogP contribution >= 0.6 is 0 Å². The minimum Gasteiger partial charge on any atom is -0.508 e. The van der Waals surface area contributed by atoms with Crippen LogP contribution in [-0.4, -0.2) is 131 Å². The molecule has 0 aliphatic carbocycles. The van der Waals surface area contributed by atoms with Gasteiger partial charge in [-0.15, -0.1) is 0 Å². The Morgan fingerprint density at radius 1 is 0.536 bits per heavy atom. The average molecular weight is 779 g/mol. The first-order valence-electron chi connectivity index (χ1n) is 17.7. The van der Waals surface area contributed by atoms with Gasteiger partial charge in [-0.1, -0.05) is 36.4 Å². The maximum atomic E-state index is 11.4. The SMILES string of the molecule is OC[C@@H]1O[C@H](Oc2ccc([C@H]3Oc4cc(/C=C/c5ccc(O[C@H]6O[C@H](CO)[C@@H](O)[C@H](O)[C@H]6O)cc5)cc(O)c4[C@@H]3c3cc(O)cc(O)c3)cc2)[C@@H](O)[C@H](O)[C@H]1O. The third-order valence-electron chi connectivity index (χ3n) is 10.1. The van der Waals surface area contributed by atoms with Gasteiger partial charge in [0.1, 0.15) is 89.4 Å². The second-order valence-electron chi connectivity index (χ2n) is 13.9. The van der Waals surface area contributed by atoms with E-state index in [4.69, 9.17) is 23.7 Å². The summed E-state index contributed by atoms with van der Waals surface area (Å²) in [6.45, 7) is -1.20.